The monoisotopic (exact) mass is 119 g/mol. The van der Waals surface area contributed by atoms with Crippen LogP contribution in [0.2, 0.25) is 0 Å². The number of thiol groups is 1. The summed E-state index contributed by atoms with van der Waals surface area (Å²) >= 11 is 3.66. The van der Waals surface area contributed by atoms with E-state index < -0.39 is 11.2 Å². The summed E-state index contributed by atoms with van der Waals surface area (Å²) in [6.07, 6.45) is 0.519. The van der Waals surface area contributed by atoms with Gasteiger partial charge in [0.1, 0.15) is 5.25 Å². The van der Waals surface area contributed by atoms with Crippen LogP contribution in [0.4, 0.5) is 0 Å². The van der Waals surface area contributed by atoms with E-state index in [1.54, 1.807) is 6.92 Å². The Morgan fingerprint density at radius 2 is 2.29 bits per heavy atom. The molecule has 0 fully saturated rings. The summed E-state index contributed by atoms with van der Waals surface area (Å²) in [7, 11) is 0. The van der Waals surface area contributed by atoms with Gasteiger partial charge in [0, 0.05) is 0 Å². The van der Waals surface area contributed by atoms with Crippen molar-refractivity contribution >= 4 is 18.6 Å². The third kappa shape index (κ3) is 2.51. The minimum atomic E-state index is -1.09. The summed E-state index contributed by atoms with van der Waals surface area (Å²) in [4.78, 5) is 9.74. The summed E-state index contributed by atoms with van der Waals surface area (Å²) in [5.74, 6) is -1.09. The van der Waals surface area contributed by atoms with Crippen LogP contribution in [0.1, 0.15) is 13.3 Å². The van der Waals surface area contributed by atoms with Gasteiger partial charge in [0.2, 0.25) is 0 Å². The molecule has 0 saturated heterocycles. The Labute approximate surface area is 47.9 Å². The second-order valence-electron chi connectivity index (χ2n) is 1.24. The van der Waals surface area contributed by atoms with Crippen LogP contribution in [-0.2, 0) is 9.90 Å². The predicted molar refractivity (Wildman–Crippen MR) is 28.8 cm³/mol. The molecule has 1 unspecified atom stereocenters. The number of carbonyl (C=O) groups excluding carboxylic acids is 1. The van der Waals surface area contributed by atoms with E-state index in [-0.39, 0.29) is 0 Å². The minimum absolute atomic E-state index is 0.519. The topological polar surface area (TPSA) is 37.0 Å². The number of hydrogen-bond donors (Lipinski definition) is 1. The molecule has 0 bridgehead atoms. The van der Waals surface area contributed by atoms with Gasteiger partial charge in [-0.1, -0.05) is 6.92 Å². The molecule has 2 nitrogen and oxygen atoms in total. The molecule has 0 amide bonds. The number of rotatable bonds is 2. The maximum absolute atomic E-state index is 9.74. The maximum atomic E-state index is 9.74. The third-order valence-corrected chi connectivity index (χ3v) is 1.23. The van der Waals surface area contributed by atoms with E-state index in [1.807, 2.05) is 0 Å². The van der Waals surface area contributed by atoms with Crippen LogP contribution in [0.5, 0.6) is 0 Å². The zero-order valence-electron chi connectivity index (χ0n) is 4.05. The SMILES string of the molecule is CCC(S)C([O])=O. The lowest BCUT2D eigenvalue weighted by atomic mass is 10.3. The second kappa shape index (κ2) is 2.91. The summed E-state index contributed by atoms with van der Waals surface area (Å²) in [6, 6.07) is 0. The molecule has 0 heterocycles. The van der Waals surface area contributed by atoms with Crippen molar-refractivity contribution in [2.24, 2.45) is 0 Å². The van der Waals surface area contributed by atoms with Gasteiger partial charge in [0.25, 0.3) is 0 Å². The van der Waals surface area contributed by atoms with Crippen LogP contribution in [-0.4, -0.2) is 11.2 Å². The van der Waals surface area contributed by atoms with E-state index in [0.717, 1.165) is 0 Å². The highest BCUT2D eigenvalue weighted by atomic mass is 32.1. The predicted octanol–water partition coefficient (Wildman–Crippen LogP) is 0.652. The van der Waals surface area contributed by atoms with Gasteiger partial charge in [-0.25, -0.2) is 9.90 Å². The van der Waals surface area contributed by atoms with Crippen molar-refractivity contribution in [2.45, 2.75) is 18.6 Å². The summed E-state index contributed by atoms with van der Waals surface area (Å²) in [5.41, 5.74) is 0. The van der Waals surface area contributed by atoms with Crippen LogP contribution in [0, 0.1) is 0 Å². The second-order valence-corrected chi connectivity index (χ2v) is 1.87. The molecule has 0 rings (SSSR count). The van der Waals surface area contributed by atoms with Crippen molar-refractivity contribution in [1.82, 2.24) is 0 Å². The maximum Gasteiger partial charge on any atom is 0.368 e. The lowest BCUT2D eigenvalue weighted by Crippen LogP contribution is -2.09. The molecule has 0 aromatic rings. The first-order valence-corrected chi connectivity index (χ1v) is 2.59. The van der Waals surface area contributed by atoms with E-state index in [4.69, 9.17) is 0 Å². The fourth-order valence-corrected chi connectivity index (χ4v) is 0.167. The molecule has 0 aliphatic rings. The zero-order valence-corrected chi connectivity index (χ0v) is 4.94. The first-order chi connectivity index (χ1) is 3.18. The molecule has 1 radical (unpaired) electrons. The van der Waals surface area contributed by atoms with Gasteiger partial charge < -0.3 is 0 Å². The molecule has 0 saturated carbocycles. The van der Waals surface area contributed by atoms with Crippen LogP contribution < -0.4 is 0 Å². The Morgan fingerprint density at radius 3 is 2.29 bits per heavy atom. The van der Waals surface area contributed by atoms with E-state index >= 15 is 0 Å². The molecule has 0 aliphatic heterocycles. The molecule has 7 heavy (non-hydrogen) atoms. The van der Waals surface area contributed by atoms with Crippen LogP contribution in [0.3, 0.4) is 0 Å². The van der Waals surface area contributed by atoms with Gasteiger partial charge >= 0.3 is 5.97 Å². The van der Waals surface area contributed by atoms with Crippen LogP contribution in [0.25, 0.3) is 0 Å². The quantitative estimate of drug-likeness (QED) is 0.532. The van der Waals surface area contributed by atoms with E-state index in [1.165, 1.54) is 0 Å². The third-order valence-electron chi connectivity index (χ3n) is 0.659. The molecule has 3 heteroatoms. The fourth-order valence-electron chi connectivity index (χ4n) is 0.167. The van der Waals surface area contributed by atoms with E-state index in [0.29, 0.717) is 6.42 Å². The van der Waals surface area contributed by atoms with E-state index in [2.05, 4.69) is 12.6 Å². The van der Waals surface area contributed by atoms with Crippen LogP contribution >= 0.6 is 12.6 Å². The standard InChI is InChI=1S/C4H7O2S/c1-2-3(7)4(5)6/h3,7H,2H2,1H3. The first-order valence-electron chi connectivity index (χ1n) is 2.07. The van der Waals surface area contributed by atoms with E-state index in [9.17, 15) is 9.90 Å². The van der Waals surface area contributed by atoms with Gasteiger partial charge in [-0.3, -0.25) is 0 Å². The Kier molecular flexibility index (Phi) is 2.83. The number of hydrogen-bond acceptors (Lipinski definition) is 2. The van der Waals surface area contributed by atoms with Crippen molar-refractivity contribution in [3.8, 4) is 0 Å². The molecule has 0 aromatic carbocycles. The fraction of sp³-hybridized carbons (Fsp3) is 0.750. The first kappa shape index (κ1) is 6.82. The van der Waals surface area contributed by atoms with Crippen molar-refractivity contribution in [3.63, 3.8) is 0 Å². The van der Waals surface area contributed by atoms with Gasteiger partial charge in [0.05, 0.1) is 0 Å². The molecular formula is C4H7O2S. The smallest absolute Gasteiger partial charge is 0.246 e. The van der Waals surface area contributed by atoms with Crippen molar-refractivity contribution in [1.29, 1.82) is 0 Å². The average molecular weight is 119 g/mol. The highest BCUT2D eigenvalue weighted by molar-refractivity contribution is 7.81. The zero-order chi connectivity index (χ0) is 5.86. The average Bonchev–Trinajstić information content (AvgIpc) is 1.65. The van der Waals surface area contributed by atoms with Crippen molar-refractivity contribution in [2.75, 3.05) is 0 Å². The van der Waals surface area contributed by atoms with Gasteiger partial charge in [-0.15, -0.1) is 0 Å². The Morgan fingerprint density at radius 1 is 1.86 bits per heavy atom. The van der Waals surface area contributed by atoms with Crippen LogP contribution in [0.15, 0.2) is 0 Å². The molecule has 0 aliphatic carbocycles. The summed E-state index contributed by atoms with van der Waals surface area (Å²) < 4.78 is 0. The van der Waals surface area contributed by atoms with Gasteiger partial charge in [0.15, 0.2) is 0 Å². The molecule has 1 atom stereocenters. The Hall–Kier alpha value is -0.180. The largest absolute Gasteiger partial charge is 0.368 e. The Balaban J connectivity index is 3.34. The minimum Gasteiger partial charge on any atom is -0.246 e. The van der Waals surface area contributed by atoms with Crippen molar-refractivity contribution < 1.29 is 9.90 Å². The van der Waals surface area contributed by atoms with Gasteiger partial charge in [-0.2, -0.15) is 12.6 Å². The molecular weight excluding hydrogens is 112 g/mol. The highest BCUT2D eigenvalue weighted by Crippen LogP contribution is 1.98. The summed E-state index contributed by atoms with van der Waals surface area (Å²) in [6.45, 7) is 1.74. The molecule has 0 spiro atoms. The Bertz CT molecular complexity index is 72.1. The molecule has 0 N–H and O–H groups in total. The highest BCUT2D eigenvalue weighted by Gasteiger charge is 2.09. The lowest BCUT2D eigenvalue weighted by molar-refractivity contribution is -0.142. The normalized spacial score (nSPS) is 13.4. The van der Waals surface area contributed by atoms with Gasteiger partial charge in [-0.05, 0) is 6.42 Å². The molecule has 41 valence electrons. The number of carbonyl (C=O) groups is 1. The van der Waals surface area contributed by atoms with Crippen molar-refractivity contribution in [3.05, 3.63) is 0 Å². The summed E-state index contributed by atoms with van der Waals surface area (Å²) in [5, 5.41) is 9.15. The molecule has 0 aromatic heterocycles. The lowest BCUT2D eigenvalue weighted by Gasteiger charge is -1.92.